The fraction of sp³-hybridized carbons (Fsp3) is 0.200. The van der Waals surface area contributed by atoms with Gasteiger partial charge in [0.05, 0.1) is 4.47 Å². The molecule has 0 aromatic heterocycles. The lowest BCUT2D eigenvalue weighted by Crippen LogP contribution is -2.09. The van der Waals surface area contributed by atoms with Gasteiger partial charge in [0.15, 0.2) is 0 Å². The average molecular weight is 281 g/mol. The zero-order chi connectivity index (χ0) is 9.84. The molecule has 1 atom stereocenters. The summed E-state index contributed by atoms with van der Waals surface area (Å²) >= 11 is 3.08. The molecule has 0 amide bonds. The lowest BCUT2D eigenvalue weighted by atomic mass is 10.1. The number of nitrogens with two attached hydrogens (primary N) is 1. The first-order valence-corrected chi connectivity index (χ1v) is 4.76. The van der Waals surface area contributed by atoms with E-state index < -0.39 is 0 Å². The van der Waals surface area contributed by atoms with Gasteiger partial charge in [-0.3, -0.25) is 0 Å². The van der Waals surface area contributed by atoms with Crippen LogP contribution in [0.2, 0.25) is 0 Å². The van der Waals surface area contributed by atoms with Crippen molar-refractivity contribution in [2.75, 3.05) is 0 Å². The predicted molar refractivity (Wildman–Crippen MR) is 63.1 cm³/mol. The number of hydrogen-bond donors (Lipinski definition) is 1. The third kappa shape index (κ3) is 3.40. The fourth-order valence-corrected chi connectivity index (χ4v) is 1.31. The monoisotopic (exact) mass is 279 g/mol. The first-order chi connectivity index (χ1) is 6.15. The number of hydrogen-bond acceptors (Lipinski definition) is 1. The van der Waals surface area contributed by atoms with E-state index in [4.69, 9.17) is 5.73 Å². The second-order valence-corrected chi connectivity index (χ2v) is 3.66. The van der Waals surface area contributed by atoms with Crippen LogP contribution in [0, 0.1) is 5.82 Å². The molecule has 4 heteroatoms. The summed E-state index contributed by atoms with van der Waals surface area (Å²) in [4.78, 5) is 0. The van der Waals surface area contributed by atoms with Gasteiger partial charge in [-0.2, -0.15) is 0 Å². The maximum absolute atomic E-state index is 13.1. The minimum Gasteiger partial charge on any atom is -0.324 e. The second-order valence-electron chi connectivity index (χ2n) is 2.80. The van der Waals surface area contributed by atoms with Crippen molar-refractivity contribution in [2.24, 2.45) is 5.73 Å². The molecular formula is C10H12BrClFN. The van der Waals surface area contributed by atoms with E-state index in [0.29, 0.717) is 10.9 Å². The number of rotatable bonds is 3. The molecule has 1 nitrogen and oxygen atoms in total. The summed E-state index contributed by atoms with van der Waals surface area (Å²) in [6.07, 6.45) is 2.38. The van der Waals surface area contributed by atoms with E-state index in [1.807, 2.05) is 0 Å². The Hall–Kier alpha value is -0.380. The Morgan fingerprint density at radius 2 is 2.21 bits per heavy atom. The molecule has 0 unspecified atom stereocenters. The van der Waals surface area contributed by atoms with Crippen LogP contribution in [0.3, 0.4) is 0 Å². The van der Waals surface area contributed by atoms with Crippen molar-refractivity contribution in [1.29, 1.82) is 0 Å². The molecule has 0 radical (unpaired) electrons. The van der Waals surface area contributed by atoms with Crippen LogP contribution < -0.4 is 5.73 Å². The van der Waals surface area contributed by atoms with Gasteiger partial charge in [-0.25, -0.2) is 4.39 Å². The van der Waals surface area contributed by atoms with Crippen molar-refractivity contribution in [1.82, 2.24) is 0 Å². The van der Waals surface area contributed by atoms with E-state index in [2.05, 4.69) is 22.5 Å². The van der Waals surface area contributed by atoms with Crippen molar-refractivity contribution >= 4 is 28.3 Å². The molecule has 0 bridgehead atoms. The maximum atomic E-state index is 13.1. The number of benzene rings is 1. The largest absolute Gasteiger partial charge is 0.324 e. The summed E-state index contributed by atoms with van der Waals surface area (Å²) in [7, 11) is 0. The normalized spacial score (nSPS) is 11.6. The van der Waals surface area contributed by atoms with E-state index >= 15 is 0 Å². The molecule has 78 valence electrons. The van der Waals surface area contributed by atoms with E-state index in [-0.39, 0.29) is 24.3 Å². The highest BCUT2D eigenvalue weighted by atomic mass is 79.9. The molecule has 1 aromatic carbocycles. The quantitative estimate of drug-likeness (QED) is 0.841. The van der Waals surface area contributed by atoms with Gasteiger partial charge in [0.1, 0.15) is 5.82 Å². The molecule has 0 aliphatic heterocycles. The van der Waals surface area contributed by atoms with Crippen LogP contribution in [0.1, 0.15) is 18.0 Å². The molecule has 0 fully saturated rings. The van der Waals surface area contributed by atoms with Crippen molar-refractivity contribution in [2.45, 2.75) is 12.5 Å². The molecule has 0 saturated heterocycles. The molecule has 1 aromatic rings. The summed E-state index contributed by atoms with van der Waals surface area (Å²) in [5, 5.41) is 0. The highest BCUT2D eigenvalue weighted by Crippen LogP contribution is 2.21. The fourth-order valence-electron chi connectivity index (χ4n) is 1.06. The van der Waals surface area contributed by atoms with Gasteiger partial charge >= 0.3 is 0 Å². The van der Waals surface area contributed by atoms with Crippen molar-refractivity contribution in [3.05, 3.63) is 46.7 Å². The topological polar surface area (TPSA) is 26.0 Å². The van der Waals surface area contributed by atoms with Crippen molar-refractivity contribution < 1.29 is 4.39 Å². The second kappa shape index (κ2) is 6.17. The lowest BCUT2D eigenvalue weighted by Gasteiger charge is -2.09. The minimum atomic E-state index is -0.281. The number of halogens is 3. The molecule has 14 heavy (non-hydrogen) atoms. The summed E-state index contributed by atoms with van der Waals surface area (Å²) in [5.41, 5.74) is 6.56. The van der Waals surface area contributed by atoms with Crippen LogP contribution in [0.4, 0.5) is 4.39 Å². The van der Waals surface area contributed by atoms with Crippen molar-refractivity contribution in [3.8, 4) is 0 Å². The summed E-state index contributed by atoms with van der Waals surface area (Å²) in [6.45, 7) is 3.58. The molecule has 0 aliphatic rings. The zero-order valence-electron chi connectivity index (χ0n) is 7.54. The average Bonchev–Trinajstić information content (AvgIpc) is 2.10. The summed E-state index contributed by atoms with van der Waals surface area (Å²) < 4.78 is 13.5. The zero-order valence-corrected chi connectivity index (χ0v) is 9.94. The Morgan fingerprint density at radius 3 is 2.71 bits per heavy atom. The van der Waals surface area contributed by atoms with E-state index in [0.717, 1.165) is 5.56 Å². The van der Waals surface area contributed by atoms with E-state index in [1.54, 1.807) is 18.2 Å². The molecule has 0 saturated carbocycles. The van der Waals surface area contributed by atoms with Gasteiger partial charge in [0.25, 0.3) is 0 Å². The molecule has 0 aliphatic carbocycles. The SMILES string of the molecule is C=CC[C@H](N)c1ccc(Br)c(F)c1.Cl. The predicted octanol–water partition coefficient (Wildman–Crippen LogP) is 3.59. The Kier molecular flexibility index (Phi) is 6.00. The summed E-state index contributed by atoms with van der Waals surface area (Å²) in [6, 6.07) is 4.74. The smallest absolute Gasteiger partial charge is 0.137 e. The van der Waals surface area contributed by atoms with Crippen LogP contribution in [-0.4, -0.2) is 0 Å². The Labute approximate surface area is 97.7 Å². The highest BCUT2D eigenvalue weighted by Gasteiger charge is 2.06. The summed E-state index contributed by atoms with van der Waals surface area (Å²) in [5.74, 6) is -0.281. The first-order valence-electron chi connectivity index (χ1n) is 3.96. The molecule has 0 spiro atoms. The molecule has 1 rings (SSSR count). The van der Waals surface area contributed by atoms with Gasteiger partial charge < -0.3 is 5.73 Å². The van der Waals surface area contributed by atoms with Crippen molar-refractivity contribution in [3.63, 3.8) is 0 Å². The van der Waals surface area contributed by atoms with Crippen LogP contribution in [0.15, 0.2) is 35.3 Å². The van der Waals surface area contributed by atoms with Crippen LogP contribution in [0.5, 0.6) is 0 Å². The Morgan fingerprint density at radius 1 is 1.57 bits per heavy atom. The van der Waals surface area contributed by atoms with Crippen LogP contribution >= 0.6 is 28.3 Å². The minimum absolute atomic E-state index is 0. The third-order valence-electron chi connectivity index (χ3n) is 1.79. The maximum Gasteiger partial charge on any atom is 0.137 e. The first kappa shape index (κ1) is 13.6. The molecular weight excluding hydrogens is 268 g/mol. The van der Waals surface area contributed by atoms with Gasteiger partial charge in [-0.15, -0.1) is 19.0 Å². The highest BCUT2D eigenvalue weighted by molar-refractivity contribution is 9.10. The molecule has 2 N–H and O–H groups in total. The van der Waals surface area contributed by atoms with E-state index in [1.165, 1.54) is 6.07 Å². The molecule has 0 heterocycles. The van der Waals surface area contributed by atoms with Crippen LogP contribution in [0.25, 0.3) is 0 Å². The van der Waals surface area contributed by atoms with Crippen LogP contribution in [-0.2, 0) is 0 Å². The van der Waals surface area contributed by atoms with Gasteiger partial charge in [0.2, 0.25) is 0 Å². The Balaban J connectivity index is 0.00000169. The lowest BCUT2D eigenvalue weighted by molar-refractivity contribution is 0.613. The third-order valence-corrected chi connectivity index (χ3v) is 2.44. The van der Waals surface area contributed by atoms with Gasteiger partial charge in [0, 0.05) is 6.04 Å². The van der Waals surface area contributed by atoms with Gasteiger partial charge in [-0.1, -0.05) is 12.1 Å². The van der Waals surface area contributed by atoms with Gasteiger partial charge in [-0.05, 0) is 40.0 Å². The van der Waals surface area contributed by atoms with E-state index in [9.17, 15) is 4.39 Å². The Bertz CT molecular complexity index is 317. The standard InChI is InChI=1S/C10H11BrFN.ClH/c1-2-3-10(13)7-4-5-8(11)9(12)6-7;/h2,4-6,10H,1,3,13H2;1H/t10-;/m0./s1.